The number of carbonyl (C=O) groups is 2. The molecule has 1 aliphatic heterocycles. The monoisotopic (exact) mass is 434 g/mol. The maximum atomic E-state index is 12.5. The van der Waals surface area contributed by atoms with E-state index in [1.165, 1.54) is 7.11 Å². The smallest absolute Gasteiger partial charge is 0.307 e. The van der Waals surface area contributed by atoms with Gasteiger partial charge in [0.25, 0.3) is 0 Å². The Balaban J connectivity index is 1.72. The lowest BCUT2D eigenvalue weighted by molar-refractivity contribution is -0.146. The van der Waals surface area contributed by atoms with E-state index in [-0.39, 0.29) is 12.3 Å². The summed E-state index contributed by atoms with van der Waals surface area (Å²) in [6, 6.07) is 17.0. The highest BCUT2D eigenvalue weighted by Crippen LogP contribution is 2.28. The van der Waals surface area contributed by atoms with Crippen molar-refractivity contribution in [3.05, 3.63) is 66.4 Å². The zero-order valence-electron chi connectivity index (χ0n) is 18.2. The van der Waals surface area contributed by atoms with Gasteiger partial charge in [0.15, 0.2) is 0 Å². The van der Waals surface area contributed by atoms with Crippen molar-refractivity contribution >= 4 is 11.9 Å². The van der Waals surface area contributed by atoms with Gasteiger partial charge in [-0.2, -0.15) is 5.10 Å². The molecule has 0 aliphatic carbocycles. The van der Waals surface area contributed by atoms with E-state index in [1.807, 2.05) is 70.4 Å². The van der Waals surface area contributed by atoms with E-state index in [0.717, 1.165) is 28.3 Å². The van der Waals surface area contributed by atoms with Gasteiger partial charge in [-0.15, -0.1) is 0 Å². The molecule has 2 aromatic carbocycles. The lowest BCUT2D eigenvalue weighted by Gasteiger charge is -2.34. The number of hydrogen-bond acceptors (Lipinski definition) is 6. The fourth-order valence-electron chi connectivity index (χ4n) is 3.89. The lowest BCUT2D eigenvalue weighted by atomic mass is 10.0. The van der Waals surface area contributed by atoms with E-state index < -0.39 is 12.0 Å². The number of para-hydroxylation sites is 1. The first kappa shape index (κ1) is 21.6. The Labute approximate surface area is 186 Å². The van der Waals surface area contributed by atoms with Gasteiger partial charge in [0.05, 0.1) is 32.0 Å². The summed E-state index contributed by atoms with van der Waals surface area (Å²) < 4.78 is 12.0. The van der Waals surface area contributed by atoms with Crippen LogP contribution in [0.1, 0.15) is 12.0 Å². The fourth-order valence-corrected chi connectivity index (χ4v) is 3.89. The first-order chi connectivity index (χ1) is 15.6. The number of aromatic nitrogens is 2. The van der Waals surface area contributed by atoms with E-state index in [1.54, 1.807) is 7.11 Å². The third-order valence-electron chi connectivity index (χ3n) is 5.56. The molecule has 4 rings (SSSR count). The lowest BCUT2D eigenvalue weighted by Crippen LogP contribution is -2.55. The van der Waals surface area contributed by atoms with Crippen LogP contribution < -0.4 is 10.1 Å². The summed E-state index contributed by atoms with van der Waals surface area (Å²) in [4.78, 5) is 26.4. The molecule has 0 saturated carbocycles. The highest BCUT2D eigenvalue weighted by molar-refractivity contribution is 5.87. The van der Waals surface area contributed by atoms with Crippen LogP contribution in [0.2, 0.25) is 0 Å². The van der Waals surface area contributed by atoms with E-state index in [0.29, 0.717) is 19.6 Å². The fraction of sp³-hybridized carbons (Fsp3) is 0.292. The molecule has 1 N–H and O–H groups in total. The maximum absolute atomic E-state index is 12.5. The van der Waals surface area contributed by atoms with Gasteiger partial charge in [0, 0.05) is 37.0 Å². The van der Waals surface area contributed by atoms with E-state index in [2.05, 4.69) is 5.32 Å². The standard InChI is InChI=1S/C24H26N4O4/c1-31-20-10-6-7-17(13-20)23-18(16-28(26-23)19-8-4-3-5-9-19)15-27-12-11-25-24(30)21(27)14-22(29)32-2/h3-10,13,16,21H,11-12,14-15H2,1-2H3,(H,25,30). The first-order valence-corrected chi connectivity index (χ1v) is 10.5. The van der Waals surface area contributed by atoms with Crippen LogP contribution in [-0.4, -0.2) is 59.9 Å². The Bertz CT molecular complexity index is 1100. The summed E-state index contributed by atoms with van der Waals surface area (Å²) in [7, 11) is 2.96. The molecule has 3 aromatic rings. The van der Waals surface area contributed by atoms with Gasteiger partial charge in [-0.25, -0.2) is 4.68 Å². The molecule has 1 aliphatic rings. The Morgan fingerprint density at radius 2 is 1.97 bits per heavy atom. The minimum atomic E-state index is -0.588. The highest BCUT2D eigenvalue weighted by Gasteiger charge is 2.33. The molecule has 0 spiro atoms. The number of methoxy groups -OCH3 is 2. The quantitative estimate of drug-likeness (QED) is 0.575. The maximum Gasteiger partial charge on any atom is 0.307 e. The number of ether oxygens (including phenoxy) is 2. The zero-order valence-corrected chi connectivity index (χ0v) is 18.2. The summed E-state index contributed by atoms with van der Waals surface area (Å²) in [5, 5.41) is 7.70. The molecule has 1 atom stereocenters. The van der Waals surface area contributed by atoms with Crippen molar-refractivity contribution < 1.29 is 19.1 Å². The summed E-state index contributed by atoms with van der Waals surface area (Å²) in [5.41, 5.74) is 3.60. The Hall–Kier alpha value is -3.65. The normalized spacial score (nSPS) is 16.4. The molecule has 8 heteroatoms. The number of nitrogens with zero attached hydrogens (tertiary/aromatic N) is 3. The van der Waals surface area contributed by atoms with Gasteiger partial charge in [-0.1, -0.05) is 30.3 Å². The summed E-state index contributed by atoms with van der Waals surface area (Å²) in [5.74, 6) is 0.161. The van der Waals surface area contributed by atoms with Gasteiger partial charge in [0.1, 0.15) is 11.8 Å². The molecular weight excluding hydrogens is 408 g/mol. The molecule has 8 nitrogen and oxygen atoms in total. The number of carbonyl (C=O) groups excluding carboxylic acids is 2. The van der Waals surface area contributed by atoms with Crippen molar-refractivity contribution in [1.29, 1.82) is 0 Å². The zero-order chi connectivity index (χ0) is 22.5. The van der Waals surface area contributed by atoms with Gasteiger partial charge >= 0.3 is 5.97 Å². The van der Waals surface area contributed by atoms with Crippen LogP contribution in [0.5, 0.6) is 5.75 Å². The average molecular weight is 434 g/mol. The predicted octanol–water partition coefficient (Wildman–Crippen LogP) is 2.41. The van der Waals surface area contributed by atoms with E-state index >= 15 is 0 Å². The van der Waals surface area contributed by atoms with E-state index in [4.69, 9.17) is 14.6 Å². The van der Waals surface area contributed by atoms with Gasteiger partial charge in [-0.3, -0.25) is 14.5 Å². The molecular formula is C24H26N4O4. The van der Waals surface area contributed by atoms with Crippen molar-refractivity contribution in [2.24, 2.45) is 0 Å². The number of hydrogen-bond donors (Lipinski definition) is 1. The number of piperazine rings is 1. The van der Waals surface area contributed by atoms with Crippen molar-refractivity contribution in [2.75, 3.05) is 27.3 Å². The van der Waals surface area contributed by atoms with Gasteiger partial charge in [0.2, 0.25) is 5.91 Å². The van der Waals surface area contributed by atoms with Crippen LogP contribution in [0.3, 0.4) is 0 Å². The van der Waals surface area contributed by atoms with Crippen LogP contribution in [0.25, 0.3) is 16.9 Å². The molecule has 1 aromatic heterocycles. The van der Waals surface area contributed by atoms with Gasteiger partial charge in [-0.05, 0) is 24.3 Å². The van der Waals surface area contributed by atoms with Crippen molar-refractivity contribution in [2.45, 2.75) is 19.0 Å². The Kier molecular flexibility index (Phi) is 6.51. The summed E-state index contributed by atoms with van der Waals surface area (Å²) >= 11 is 0. The summed E-state index contributed by atoms with van der Waals surface area (Å²) in [6.07, 6.45) is 1.98. The SMILES string of the molecule is COC(=O)CC1C(=O)NCCN1Cc1cn(-c2ccccc2)nc1-c1cccc(OC)c1. The molecule has 1 unspecified atom stereocenters. The number of rotatable bonds is 7. The van der Waals surface area contributed by atoms with Crippen molar-refractivity contribution in [3.8, 4) is 22.7 Å². The Morgan fingerprint density at radius 1 is 1.16 bits per heavy atom. The minimum Gasteiger partial charge on any atom is -0.497 e. The molecule has 32 heavy (non-hydrogen) atoms. The molecule has 1 saturated heterocycles. The summed E-state index contributed by atoms with van der Waals surface area (Å²) in [6.45, 7) is 1.62. The third kappa shape index (κ3) is 4.65. The minimum absolute atomic E-state index is 0.00362. The van der Waals surface area contributed by atoms with Crippen LogP contribution in [0.15, 0.2) is 60.8 Å². The third-order valence-corrected chi connectivity index (χ3v) is 5.56. The number of amides is 1. The van der Waals surface area contributed by atoms with Crippen LogP contribution >= 0.6 is 0 Å². The van der Waals surface area contributed by atoms with Crippen LogP contribution in [-0.2, 0) is 20.9 Å². The van der Waals surface area contributed by atoms with Crippen LogP contribution in [0.4, 0.5) is 0 Å². The average Bonchev–Trinajstić information content (AvgIpc) is 3.25. The van der Waals surface area contributed by atoms with Crippen LogP contribution in [0, 0.1) is 0 Å². The largest absolute Gasteiger partial charge is 0.497 e. The molecule has 0 bridgehead atoms. The van der Waals surface area contributed by atoms with Gasteiger partial charge < -0.3 is 14.8 Å². The Morgan fingerprint density at radius 3 is 2.72 bits per heavy atom. The number of nitrogens with one attached hydrogen (secondary N) is 1. The highest BCUT2D eigenvalue weighted by atomic mass is 16.5. The predicted molar refractivity (Wildman–Crippen MR) is 119 cm³/mol. The van der Waals surface area contributed by atoms with Crippen molar-refractivity contribution in [3.63, 3.8) is 0 Å². The van der Waals surface area contributed by atoms with Crippen molar-refractivity contribution in [1.82, 2.24) is 20.0 Å². The first-order valence-electron chi connectivity index (χ1n) is 10.5. The molecule has 0 radical (unpaired) electrons. The second kappa shape index (κ2) is 9.65. The number of esters is 1. The molecule has 2 heterocycles. The second-order valence-corrected chi connectivity index (χ2v) is 7.57. The molecule has 166 valence electrons. The second-order valence-electron chi connectivity index (χ2n) is 7.57. The topological polar surface area (TPSA) is 85.7 Å². The molecule has 1 fully saturated rings. The molecule has 1 amide bonds. The van der Waals surface area contributed by atoms with E-state index in [9.17, 15) is 9.59 Å². The number of benzene rings is 2.